The van der Waals surface area contributed by atoms with Crippen LogP contribution in [0.15, 0.2) is 24.4 Å². The van der Waals surface area contributed by atoms with Gasteiger partial charge in [-0.3, -0.25) is 4.79 Å². The van der Waals surface area contributed by atoms with E-state index in [1.807, 2.05) is 18.3 Å². The van der Waals surface area contributed by atoms with E-state index in [0.29, 0.717) is 18.5 Å². The second-order valence-electron chi connectivity index (χ2n) is 6.00. The molecule has 0 aromatic carbocycles. The summed E-state index contributed by atoms with van der Waals surface area (Å²) in [5.41, 5.74) is 0. The van der Waals surface area contributed by atoms with Crippen molar-refractivity contribution < 1.29 is 4.79 Å². The number of pyridine rings is 1. The fourth-order valence-corrected chi connectivity index (χ4v) is 3.21. The van der Waals surface area contributed by atoms with Crippen LogP contribution in [0.1, 0.15) is 32.1 Å². The van der Waals surface area contributed by atoms with Gasteiger partial charge in [0.05, 0.1) is 0 Å². The lowest BCUT2D eigenvalue weighted by Gasteiger charge is -2.33. The molecule has 0 saturated carbocycles. The third kappa shape index (κ3) is 3.94. The zero-order valence-corrected chi connectivity index (χ0v) is 12.4. The first-order valence-corrected chi connectivity index (χ1v) is 8.00. The molecule has 21 heavy (non-hydrogen) atoms. The molecule has 2 fully saturated rings. The Kier molecular flexibility index (Phi) is 4.70. The van der Waals surface area contributed by atoms with Crippen molar-refractivity contribution in [2.24, 2.45) is 0 Å². The summed E-state index contributed by atoms with van der Waals surface area (Å²) in [7, 11) is 0. The van der Waals surface area contributed by atoms with E-state index < -0.39 is 0 Å². The highest BCUT2D eigenvalue weighted by Crippen LogP contribution is 2.17. The van der Waals surface area contributed by atoms with Crippen molar-refractivity contribution >= 4 is 11.7 Å². The smallest absolute Gasteiger partial charge is 0.220 e. The summed E-state index contributed by atoms with van der Waals surface area (Å²) in [6.07, 6.45) is 6.93. The van der Waals surface area contributed by atoms with E-state index in [1.165, 1.54) is 0 Å². The third-order valence-electron chi connectivity index (χ3n) is 4.48. The Hall–Kier alpha value is -1.62. The Morgan fingerprint density at radius 1 is 1.29 bits per heavy atom. The van der Waals surface area contributed by atoms with E-state index >= 15 is 0 Å². The Bertz CT molecular complexity index is 457. The molecular formula is C16H24N4O. The molecule has 5 nitrogen and oxygen atoms in total. The van der Waals surface area contributed by atoms with Crippen molar-refractivity contribution in [3.8, 4) is 0 Å². The van der Waals surface area contributed by atoms with Crippen LogP contribution in [0, 0.1) is 0 Å². The zero-order chi connectivity index (χ0) is 14.5. The van der Waals surface area contributed by atoms with Crippen LogP contribution in [0.25, 0.3) is 0 Å². The minimum Gasteiger partial charge on any atom is -0.357 e. The molecule has 2 saturated heterocycles. The highest BCUT2D eigenvalue weighted by atomic mass is 16.1. The maximum absolute atomic E-state index is 11.1. The van der Waals surface area contributed by atoms with Crippen molar-refractivity contribution in [1.82, 2.24) is 15.6 Å². The number of nitrogens with zero attached hydrogens (tertiary/aromatic N) is 2. The van der Waals surface area contributed by atoms with Crippen LogP contribution in [-0.2, 0) is 4.79 Å². The monoisotopic (exact) mass is 288 g/mol. The van der Waals surface area contributed by atoms with Crippen LogP contribution >= 0.6 is 0 Å². The fraction of sp³-hybridized carbons (Fsp3) is 0.625. The highest BCUT2D eigenvalue weighted by Gasteiger charge is 2.22. The summed E-state index contributed by atoms with van der Waals surface area (Å²) >= 11 is 0. The second-order valence-corrected chi connectivity index (χ2v) is 6.00. The predicted octanol–water partition coefficient (Wildman–Crippen LogP) is 1.31. The van der Waals surface area contributed by atoms with E-state index in [1.54, 1.807) is 0 Å². The summed E-state index contributed by atoms with van der Waals surface area (Å²) in [6, 6.07) is 7.07. The molecule has 3 rings (SSSR count). The quantitative estimate of drug-likeness (QED) is 0.858. The van der Waals surface area contributed by atoms with E-state index in [2.05, 4.69) is 26.6 Å². The van der Waals surface area contributed by atoms with E-state index in [4.69, 9.17) is 0 Å². The van der Waals surface area contributed by atoms with Gasteiger partial charge in [-0.05, 0) is 44.4 Å². The summed E-state index contributed by atoms with van der Waals surface area (Å²) in [5.74, 6) is 1.30. The van der Waals surface area contributed by atoms with Crippen molar-refractivity contribution in [3.05, 3.63) is 24.4 Å². The fourth-order valence-electron chi connectivity index (χ4n) is 3.21. The van der Waals surface area contributed by atoms with Crippen LogP contribution in [0.5, 0.6) is 0 Å². The Balaban J connectivity index is 1.35. The number of anilines is 1. The number of rotatable bonds is 5. The average Bonchev–Trinajstić information content (AvgIpc) is 2.94. The van der Waals surface area contributed by atoms with Crippen LogP contribution in [-0.4, -0.2) is 42.6 Å². The summed E-state index contributed by atoms with van der Waals surface area (Å²) in [4.78, 5) is 17.9. The van der Waals surface area contributed by atoms with Crippen molar-refractivity contribution in [2.75, 3.05) is 24.5 Å². The predicted molar refractivity (Wildman–Crippen MR) is 83.3 cm³/mol. The van der Waals surface area contributed by atoms with Gasteiger partial charge in [0.25, 0.3) is 0 Å². The van der Waals surface area contributed by atoms with Gasteiger partial charge >= 0.3 is 0 Å². The maximum Gasteiger partial charge on any atom is 0.220 e. The average molecular weight is 288 g/mol. The lowest BCUT2D eigenvalue weighted by atomic mass is 10.0. The number of amides is 1. The molecule has 0 spiro atoms. The highest BCUT2D eigenvalue weighted by molar-refractivity contribution is 5.78. The molecule has 1 unspecified atom stereocenters. The van der Waals surface area contributed by atoms with E-state index in [0.717, 1.165) is 51.1 Å². The summed E-state index contributed by atoms with van der Waals surface area (Å²) in [5, 5.41) is 6.66. The molecule has 1 aromatic heterocycles. The van der Waals surface area contributed by atoms with E-state index in [9.17, 15) is 4.79 Å². The molecule has 3 heterocycles. The zero-order valence-electron chi connectivity index (χ0n) is 12.4. The number of hydrogen-bond donors (Lipinski definition) is 2. The molecule has 2 N–H and O–H groups in total. The van der Waals surface area contributed by atoms with Crippen LogP contribution in [0.4, 0.5) is 5.82 Å². The van der Waals surface area contributed by atoms with Gasteiger partial charge in [0.2, 0.25) is 5.91 Å². The Labute approximate surface area is 126 Å². The Morgan fingerprint density at radius 2 is 2.14 bits per heavy atom. The first kappa shape index (κ1) is 14.3. The number of hydrogen-bond acceptors (Lipinski definition) is 4. The molecule has 5 heteroatoms. The molecule has 1 aromatic rings. The van der Waals surface area contributed by atoms with Gasteiger partial charge in [0, 0.05) is 37.8 Å². The summed E-state index contributed by atoms with van der Waals surface area (Å²) < 4.78 is 0. The molecule has 2 aliphatic heterocycles. The number of carbonyl (C=O) groups is 1. The standard InChI is InChI=1S/C16H24N4O/c21-16-5-4-14(19-16)6-10-17-13-7-11-20(12-8-13)15-3-1-2-9-18-15/h1-3,9,13-14,17H,4-8,10-12H2,(H,19,21). The summed E-state index contributed by atoms with van der Waals surface area (Å²) in [6.45, 7) is 3.13. The maximum atomic E-state index is 11.1. The molecule has 0 radical (unpaired) electrons. The molecule has 0 aliphatic carbocycles. The molecule has 114 valence electrons. The molecular weight excluding hydrogens is 264 g/mol. The first-order valence-electron chi connectivity index (χ1n) is 8.00. The minimum absolute atomic E-state index is 0.212. The molecule has 1 amide bonds. The molecule has 2 aliphatic rings. The number of carbonyl (C=O) groups excluding carboxylic acids is 1. The minimum atomic E-state index is 0.212. The lowest BCUT2D eigenvalue weighted by molar-refractivity contribution is -0.119. The first-order chi connectivity index (χ1) is 10.3. The van der Waals surface area contributed by atoms with Gasteiger partial charge < -0.3 is 15.5 Å². The molecule has 1 atom stereocenters. The van der Waals surface area contributed by atoms with Gasteiger partial charge in [0.1, 0.15) is 5.82 Å². The van der Waals surface area contributed by atoms with Crippen molar-refractivity contribution in [2.45, 2.75) is 44.2 Å². The van der Waals surface area contributed by atoms with Gasteiger partial charge in [-0.15, -0.1) is 0 Å². The van der Waals surface area contributed by atoms with Crippen LogP contribution < -0.4 is 15.5 Å². The normalized spacial score (nSPS) is 23.3. The SMILES string of the molecule is O=C1CCC(CCNC2CCN(c3ccccn3)CC2)N1. The number of nitrogens with one attached hydrogen (secondary N) is 2. The van der Waals surface area contributed by atoms with Crippen molar-refractivity contribution in [3.63, 3.8) is 0 Å². The largest absolute Gasteiger partial charge is 0.357 e. The van der Waals surface area contributed by atoms with Gasteiger partial charge in [0.15, 0.2) is 0 Å². The van der Waals surface area contributed by atoms with Gasteiger partial charge in [-0.2, -0.15) is 0 Å². The van der Waals surface area contributed by atoms with Gasteiger partial charge in [-0.1, -0.05) is 6.07 Å². The van der Waals surface area contributed by atoms with Crippen LogP contribution in [0.3, 0.4) is 0 Å². The van der Waals surface area contributed by atoms with Gasteiger partial charge in [-0.25, -0.2) is 4.98 Å². The number of piperidine rings is 1. The van der Waals surface area contributed by atoms with Crippen molar-refractivity contribution in [1.29, 1.82) is 0 Å². The molecule has 0 bridgehead atoms. The van der Waals surface area contributed by atoms with E-state index in [-0.39, 0.29) is 5.91 Å². The third-order valence-corrected chi connectivity index (χ3v) is 4.48. The Morgan fingerprint density at radius 3 is 2.81 bits per heavy atom. The number of aromatic nitrogens is 1. The second kappa shape index (κ2) is 6.89. The lowest BCUT2D eigenvalue weighted by Crippen LogP contribution is -2.43. The van der Waals surface area contributed by atoms with Crippen LogP contribution in [0.2, 0.25) is 0 Å². The topological polar surface area (TPSA) is 57.3 Å².